The molecule has 1 aromatic rings. The van der Waals surface area contributed by atoms with E-state index < -0.39 is 5.91 Å². The first-order chi connectivity index (χ1) is 7.15. The zero-order valence-electron chi connectivity index (χ0n) is 8.79. The van der Waals surface area contributed by atoms with E-state index in [1.807, 2.05) is 0 Å². The lowest BCUT2D eigenvalue weighted by atomic mass is 10.1. The number of ether oxygens (including phenoxy) is 3. The Labute approximate surface area is 87.7 Å². The van der Waals surface area contributed by atoms with Crippen molar-refractivity contribution in [2.75, 3.05) is 21.3 Å². The Balaban J connectivity index is 3.40. The molecule has 0 bridgehead atoms. The lowest BCUT2D eigenvalue weighted by molar-refractivity contribution is 0.0988. The Morgan fingerprint density at radius 1 is 1.07 bits per heavy atom. The highest BCUT2D eigenvalue weighted by Gasteiger charge is 2.18. The van der Waals surface area contributed by atoms with Crippen molar-refractivity contribution >= 4 is 5.91 Å². The second-order valence-corrected chi connectivity index (χ2v) is 2.71. The summed E-state index contributed by atoms with van der Waals surface area (Å²) in [7, 11) is 4.34. The lowest BCUT2D eigenvalue weighted by Gasteiger charge is -2.13. The van der Waals surface area contributed by atoms with Crippen LogP contribution in [-0.4, -0.2) is 27.2 Å². The van der Waals surface area contributed by atoms with Gasteiger partial charge in [-0.25, -0.2) is 0 Å². The van der Waals surface area contributed by atoms with Crippen molar-refractivity contribution in [2.45, 2.75) is 0 Å². The molecule has 0 fully saturated rings. The van der Waals surface area contributed by atoms with Gasteiger partial charge in [0, 0.05) is 0 Å². The molecule has 0 saturated carbocycles. The molecule has 0 spiro atoms. The van der Waals surface area contributed by atoms with E-state index in [-0.39, 0.29) is 11.3 Å². The predicted molar refractivity (Wildman–Crippen MR) is 53.5 cm³/mol. The molecule has 81 valence electrons. The van der Waals surface area contributed by atoms with Crippen LogP contribution in [0.4, 0.5) is 0 Å². The van der Waals surface area contributed by atoms with Gasteiger partial charge in [-0.3, -0.25) is 10.5 Å². The largest absolute Gasteiger partial charge is 0.493 e. The Bertz CT molecular complexity index is 376. The van der Waals surface area contributed by atoms with Crippen LogP contribution >= 0.6 is 0 Å². The molecule has 1 amide bonds. The van der Waals surface area contributed by atoms with Gasteiger partial charge in [0.1, 0.15) is 0 Å². The van der Waals surface area contributed by atoms with Crippen LogP contribution in [0.25, 0.3) is 0 Å². The third-order valence-corrected chi connectivity index (χ3v) is 1.95. The molecule has 0 aliphatic rings. The molecular formula is C10H12NO4. The first-order valence-corrected chi connectivity index (χ1v) is 4.20. The monoisotopic (exact) mass is 210 g/mol. The average molecular weight is 210 g/mol. The number of hydrogen-bond donors (Lipinski definition) is 0. The Morgan fingerprint density at radius 3 is 2.07 bits per heavy atom. The van der Waals surface area contributed by atoms with Crippen LogP contribution in [0.15, 0.2) is 12.1 Å². The number of carbonyl (C=O) groups excluding carboxylic acids is 1. The topological polar surface area (TPSA) is 68.6 Å². The molecule has 0 aromatic heterocycles. The first kappa shape index (κ1) is 11.2. The molecule has 0 saturated heterocycles. The fraction of sp³-hybridized carbons (Fsp3) is 0.300. The van der Waals surface area contributed by atoms with Crippen molar-refractivity contribution in [2.24, 2.45) is 0 Å². The number of hydrogen-bond acceptors (Lipinski definition) is 4. The molecule has 0 aliphatic heterocycles. The van der Waals surface area contributed by atoms with Crippen molar-refractivity contribution < 1.29 is 19.0 Å². The van der Waals surface area contributed by atoms with Crippen LogP contribution < -0.4 is 19.9 Å². The maximum absolute atomic E-state index is 11.0. The van der Waals surface area contributed by atoms with Crippen LogP contribution in [0.1, 0.15) is 10.4 Å². The van der Waals surface area contributed by atoms with Gasteiger partial charge in [-0.15, -0.1) is 0 Å². The average Bonchev–Trinajstić information content (AvgIpc) is 2.26. The minimum absolute atomic E-state index is 0.148. The Kier molecular flexibility index (Phi) is 3.38. The van der Waals surface area contributed by atoms with E-state index in [0.717, 1.165) is 0 Å². The van der Waals surface area contributed by atoms with Crippen LogP contribution in [0.3, 0.4) is 0 Å². The Morgan fingerprint density at radius 2 is 1.67 bits per heavy atom. The van der Waals surface area contributed by atoms with Crippen LogP contribution in [-0.2, 0) is 0 Å². The van der Waals surface area contributed by atoms with Gasteiger partial charge in [-0.05, 0) is 12.1 Å². The third kappa shape index (κ3) is 1.96. The van der Waals surface area contributed by atoms with Gasteiger partial charge < -0.3 is 14.2 Å². The lowest BCUT2D eigenvalue weighted by Crippen LogP contribution is -2.04. The summed E-state index contributed by atoms with van der Waals surface area (Å²) in [5.74, 6) is 0.169. The van der Waals surface area contributed by atoms with Crippen LogP contribution in [0.5, 0.6) is 17.2 Å². The highest BCUT2D eigenvalue weighted by atomic mass is 16.5. The van der Waals surface area contributed by atoms with Gasteiger partial charge in [0.05, 0.1) is 26.9 Å². The van der Waals surface area contributed by atoms with Crippen molar-refractivity contribution in [3.63, 3.8) is 0 Å². The smallest absolute Gasteiger partial charge is 0.273 e. The molecule has 0 heterocycles. The molecular weight excluding hydrogens is 198 g/mol. The minimum Gasteiger partial charge on any atom is -0.493 e. The van der Waals surface area contributed by atoms with Crippen molar-refractivity contribution in [3.8, 4) is 17.2 Å². The number of amides is 1. The van der Waals surface area contributed by atoms with Crippen molar-refractivity contribution in [1.29, 1.82) is 0 Å². The summed E-state index contributed by atoms with van der Waals surface area (Å²) in [5.41, 5.74) is 7.20. The van der Waals surface area contributed by atoms with Gasteiger partial charge in [0.2, 0.25) is 5.75 Å². The summed E-state index contributed by atoms with van der Waals surface area (Å²) in [5, 5.41) is 0. The summed E-state index contributed by atoms with van der Waals surface area (Å²) in [6.07, 6.45) is 0. The van der Waals surface area contributed by atoms with Gasteiger partial charge in [-0.1, -0.05) is 0 Å². The summed E-state index contributed by atoms with van der Waals surface area (Å²) in [6, 6.07) is 3.03. The normalized spacial score (nSPS) is 9.53. The molecule has 15 heavy (non-hydrogen) atoms. The summed E-state index contributed by atoms with van der Waals surface area (Å²) >= 11 is 0. The Hall–Kier alpha value is -1.91. The highest BCUT2D eigenvalue weighted by molar-refractivity contribution is 5.96. The van der Waals surface area contributed by atoms with E-state index in [0.29, 0.717) is 11.5 Å². The molecule has 0 aliphatic carbocycles. The van der Waals surface area contributed by atoms with Gasteiger partial charge >= 0.3 is 0 Å². The van der Waals surface area contributed by atoms with E-state index in [9.17, 15) is 4.79 Å². The van der Waals surface area contributed by atoms with Gasteiger partial charge in [0.15, 0.2) is 11.5 Å². The number of nitrogens with one attached hydrogen (secondary N) is 1. The molecule has 5 heteroatoms. The molecule has 0 unspecified atom stereocenters. The standard InChI is InChI=1S/C10H12NO4/c1-13-7-5-4-6(10(11)12)8(14-2)9(7)15-3/h4-5,11H,1-3H3. The van der Waals surface area contributed by atoms with Gasteiger partial charge in [-0.2, -0.15) is 0 Å². The minimum atomic E-state index is -0.826. The highest BCUT2D eigenvalue weighted by Crippen LogP contribution is 2.39. The molecule has 1 rings (SSSR count). The third-order valence-electron chi connectivity index (χ3n) is 1.95. The molecule has 1 aromatic carbocycles. The fourth-order valence-corrected chi connectivity index (χ4v) is 1.28. The van der Waals surface area contributed by atoms with E-state index in [4.69, 9.17) is 19.9 Å². The van der Waals surface area contributed by atoms with Gasteiger partial charge in [0.25, 0.3) is 5.91 Å². The number of rotatable bonds is 4. The first-order valence-electron chi connectivity index (χ1n) is 4.20. The fourth-order valence-electron chi connectivity index (χ4n) is 1.28. The molecule has 1 radical (unpaired) electrons. The van der Waals surface area contributed by atoms with E-state index in [1.165, 1.54) is 27.4 Å². The van der Waals surface area contributed by atoms with E-state index in [2.05, 4.69) is 0 Å². The quantitative estimate of drug-likeness (QED) is 0.747. The number of benzene rings is 1. The zero-order valence-corrected chi connectivity index (χ0v) is 8.79. The maximum Gasteiger partial charge on any atom is 0.273 e. The molecule has 1 N–H and O–H groups in total. The van der Waals surface area contributed by atoms with Crippen molar-refractivity contribution in [3.05, 3.63) is 17.7 Å². The van der Waals surface area contributed by atoms with E-state index >= 15 is 0 Å². The van der Waals surface area contributed by atoms with E-state index in [1.54, 1.807) is 6.07 Å². The molecule has 0 atom stereocenters. The predicted octanol–water partition coefficient (Wildman–Crippen LogP) is 1.14. The summed E-state index contributed by atoms with van der Waals surface area (Å²) in [6.45, 7) is 0. The zero-order chi connectivity index (χ0) is 11.4. The second-order valence-electron chi connectivity index (χ2n) is 2.71. The number of methoxy groups -OCH3 is 3. The summed E-state index contributed by atoms with van der Waals surface area (Å²) in [4.78, 5) is 11.0. The number of carbonyl (C=O) groups is 1. The SMILES string of the molecule is COc1ccc(C([NH])=O)c(OC)c1OC. The van der Waals surface area contributed by atoms with Crippen molar-refractivity contribution in [1.82, 2.24) is 5.73 Å². The van der Waals surface area contributed by atoms with Crippen LogP contribution in [0.2, 0.25) is 0 Å². The second kappa shape index (κ2) is 4.54. The maximum atomic E-state index is 11.0. The van der Waals surface area contributed by atoms with Crippen LogP contribution in [0, 0.1) is 0 Å². The molecule has 5 nitrogen and oxygen atoms in total. The summed E-state index contributed by atoms with van der Waals surface area (Å²) < 4.78 is 15.1.